The summed E-state index contributed by atoms with van der Waals surface area (Å²) in [5.41, 5.74) is 5.85. The van der Waals surface area contributed by atoms with E-state index in [1.807, 2.05) is 24.3 Å². The minimum Gasteiger partial charge on any atom is -0.491 e. The molecule has 2 N–H and O–H groups in total. The molecule has 102 valence electrons. The molecule has 19 heavy (non-hydrogen) atoms. The number of benzene rings is 1. The maximum atomic E-state index is 12.5. The number of hydrogen-bond donors (Lipinski definition) is 1. The third kappa shape index (κ3) is 2.71. The molecule has 0 atom stereocenters. The molecule has 0 radical (unpaired) electrons. The van der Waals surface area contributed by atoms with E-state index in [2.05, 4.69) is 0 Å². The van der Waals surface area contributed by atoms with Gasteiger partial charge in [-0.15, -0.1) is 0 Å². The van der Waals surface area contributed by atoms with Gasteiger partial charge in [0.2, 0.25) is 5.91 Å². The first-order valence-corrected chi connectivity index (χ1v) is 6.63. The van der Waals surface area contributed by atoms with E-state index in [1.165, 1.54) is 0 Å². The van der Waals surface area contributed by atoms with Crippen LogP contribution in [0.2, 0.25) is 0 Å². The van der Waals surface area contributed by atoms with Crippen LogP contribution in [0.1, 0.15) is 19.4 Å². The number of amides is 1. The second kappa shape index (κ2) is 5.17. The Morgan fingerprint density at radius 3 is 2.79 bits per heavy atom. The van der Waals surface area contributed by atoms with Crippen LogP contribution >= 0.6 is 12.2 Å². The lowest BCUT2D eigenvalue weighted by Crippen LogP contribution is -2.47. The maximum Gasteiger partial charge on any atom is 0.235 e. The van der Waals surface area contributed by atoms with Gasteiger partial charge in [-0.3, -0.25) is 4.79 Å². The highest BCUT2D eigenvalue weighted by Gasteiger charge is 2.35. The molecule has 0 unspecified atom stereocenters. The van der Waals surface area contributed by atoms with E-state index in [9.17, 15) is 4.79 Å². The SMILES string of the molecule is CC(C)(C(=O)N1CCOc2ccccc2C1)C(N)=S. The van der Waals surface area contributed by atoms with Crippen molar-refractivity contribution < 1.29 is 9.53 Å². The minimum atomic E-state index is -0.825. The number of hydrogen-bond acceptors (Lipinski definition) is 3. The highest BCUT2D eigenvalue weighted by atomic mass is 32.1. The van der Waals surface area contributed by atoms with Gasteiger partial charge in [0.25, 0.3) is 0 Å². The highest BCUT2D eigenvalue weighted by molar-refractivity contribution is 7.80. The first-order valence-electron chi connectivity index (χ1n) is 6.23. The van der Waals surface area contributed by atoms with Gasteiger partial charge in [0.15, 0.2) is 0 Å². The predicted octanol–water partition coefficient (Wildman–Crippen LogP) is 1.72. The lowest BCUT2D eigenvalue weighted by atomic mass is 9.91. The van der Waals surface area contributed by atoms with Crippen LogP contribution in [0.15, 0.2) is 24.3 Å². The second-order valence-electron chi connectivity index (χ2n) is 5.17. The van der Waals surface area contributed by atoms with Gasteiger partial charge >= 0.3 is 0 Å². The van der Waals surface area contributed by atoms with E-state index in [0.717, 1.165) is 11.3 Å². The van der Waals surface area contributed by atoms with Crippen LogP contribution < -0.4 is 10.5 Å². The Kier molecular flexibility index (Phi) is 3.75. The normalized spacial score (nSPS) is 15.2. The van der Waals surface area contributed by atoms with Crippen molar-refractivity contribution >= 4 is 23.1 Å². The van der Waals surface area contributed by atoms with Gasteiger partial charge < -0.3 is 15.4 Å². The van der Waals surface area contributed by atoms with Gasteiger partial charge in [-0.2, -0.15) is 0 Å². The van der Waals surface area contributed by atoms with Crippen molar-refractivity contribution in [2.24, 2.45) is 11.1 Å². The molecule has 0 saturated heterocycles. The molecule has 1 aliphatic heterocycles. The van der Waals surface area contributed by atoms with E-state index >= 15 is 0 Å². The quantitative estimate of drug-likeness (QED) is 0.837. The number of fused-ring (bicyclic) bond motifs is 1. The summed E-state index contributed by atoms with van der Waals surface area (Å²) in [6.45, 7) is 5.07. The van der Waals surface area contributed by atoms with Crippen molar-refractivity contribution in [2.75, 3.05) is 13.2 Å². The van der Waals surface area contributed by atoms with Crippen molar-refractivity contribution in [1.29, 1.82) is 0 Å². The van der Waals surface area contributed by atoms with Crippen LogP contribution in [0.4, 0.5) is 0 Å². The van der Waals surface area contributed by atoms with E-state index < -0.39 is 5.41 Å². The number of rotatable bonds is 2. The fourth-order valence-corrected chi connectivity index (χ4v) is 2.09. The van der Waals surface area contributed by atoms with Crippen LogP contribution in [0.5, 0.6) is 5.75 Å². The Labute approximate surface area is 118 Å². The molecular weight excluding hydrogens is 260 g/mol. The van der Waals surface area contributed by atoms with E-state index in [0.29, 0.717) is 19.7 Å². The molecule has 1 heterocycles. The molecule has 0 bridgehead atoms. The summed E-state index contributed by atoms with van der Waals surface area (Å²) < 4.78 is 5.64. The molecule has 5 heteroatoms. The first kappa shape index (κ1) is 13.8. The average Bonchev–Trinajstić information content (AvgIpc) is 2.59. The van der Waals surface area contributed by atoms with Crippen molar-refractivity contribution in [1.82, 2.24) is 4.90 Å². The Bertz CT molecular complexity index is 514. The zero-order chi connectivity index (χ0) is 14.0. The zero-order valence-corrected chi connectivity index (χ0v) is 12.0. The lowest BCUT2D eigenvalue weighted by Gasteiger charge is -2.30. The summed E-state index contributed by atoms with van der Waals surface area (Å²) in [7, 11) is 0. The largest absolute Gasteiger partial charge is 0.491 e. The molecule has 0 aromatic heterocycles. The highest BCUT2D eigenvalue weighted by Crippen LogP contribution is 2.26. The standard InChI is InChI=1S/C14H18N2O2S/c1-14(2,12(15)19)13(17)16-7-8-18-11-6-4-3-5-10(11)9-16/h3-6H,7-9H2,1-2H3,(H2,15,19). The molecule has 1 aliphatic rings. The topological polar surface area (TPSA) is 55.6 Å². The number of nitrogens with two attached hydrogens (primary N) is 1. The number of thiocarbonyl (C=S) groups is 1. The second-order valence-corrected chi connectivity index (χ2v) is 5.61. The third-order valence-electron chi connectivity index (χ3n) is 3.39. The summed E-state index contributed by atoms with van der Waals surface area (Å²) >= 11 is 4.99. The number of para-hydroxylation sites is 1. The number of carbonyl (C=O) groups is 1. The predicted molar refractivity (Wildman–Crippen MR) is 77.9 cm³/mol. The lowest BCUT2D eigenvalue weighted by molar-refractivity contribution is -0.137. The van der Waals surface area contributed by atoms with Crippen molar-refractivity contribution in [3.8, 4) is 5.75 Å². The molecule has 0 aliphatic carbocycles. The van der Waals surface area contributed by atoms with E-state index in [-0.39, 0.29) is 10.9 Å². The Morgan fingerprint density at radius 1 is 1.42 bits per heavy atom. The van der Waals surface area contributed by atoms with Gasteiger partial charge in [0.1, 0.15) is 12.4 Å². The fourth-order valence-electron chi connectivity index (χ4n) is 2.00. The van der Waals surface area contributed by atoms with Gasteiger partial charge in [0.05, 0.1) is 16.9 Å². The fraction of sp³-hybridized carbons (Fsp3) is 0.429. The maximum absolute atomic E-state index is 12.5. The van der Waals surface area contributed by atoms with Gasteiger partial charge in [-0.25, -0.2) is 0 Å². The van der Waals surface area contributed by atoms with Crippen LogP contribution in [0.3, 0.4) is 0 Å². The smallest absolute Gasteiger partial charge is 0.235 e. The van der Waals surface area contributed by atoms with Crippen molar-refractivity contribution in [2.45, 2.75) is 20.4 Å². The van der Waals surface area contributed by atoms with E-state index in [1.54, 1.807) is 18.7 Å². The Balaban J connectivity index is 2.24. The van der Waals surface area contributed by atoms with Crippen LogP contribution in [-0.2, 0) is 11.3 Å². The number of carbonyl (C=O) groups excluding carboxylic acids is 1. The molecule has 1 amide bonds. The zero-order valence-electron chi connectivity index (χ0n) is 11.2. The molecule has 1 aromatic rings. The summed E-state index contributed by atoms with van der Waals surface area (Å²) in [6, 6.07) is 7.75. The molecule has 2 rings (SSSR count). The van der Waals surface area contributed by atoms with Crippen LogP contribution in [0, 0.1) is 5.41 Å². The number of nitrogens with zero attached hydrogens (tertiary/aromatic N) is 1. The first-order chi connectivity index (χ1) is 8.93. The average molecular weight is 278 g/mol. The molecule has 0 fully saturated rings. The summed E-state index contributed by atoms with van der Waals surface area (Å²) in [4.78, 5) is 14.5. The molecule has 1 aromatic carbocycles. The summed E-state index contributed by atoms with van der Waals surface area (Å²) in [5.74, 6) is 0.784. The van der Waals surface area contributed by atoms with Crippen LogP contribution in [-0.4, -0.2) is 28.9 Å². The van der Waals surface area contributed by atoms with E-state index in [4.69, 9.17) is 22.7 Å². The Hall–Kier alpha value is -1.62. The van der Waals surface area contributed by atoms with Gasteiger partial charge in [-0.1, -0.05) is 30.4 Å². The summed E-state index contributed by atoms with van der Waals surface area (Å²) in [6.07, 6.45) is 0. The molecule has 0 spiro atoms. The Morgan fingerprint density at radius 2 is 2.11 bits per heavy atom. The van der Waals surface area contributed by atoms with Gasteiger partial charge in [-0.05, 0) is 19.9 Å². The van der Waals surface area contributed by atoms with Gasteiger partial charge in [0, 0.05) is 12.1 Å². The monoisotopic (exact) mass is 278 g/mol. The van der Waals surface area contributed by atoms with Crippen molar-refractivity contribution in [3.63, 3.8) is 0 Å². The molecular formula is C14H18N2O2S. The number of ether oxygens (including phenoxy) is 1. The minimum absolute atomic E-state index is 0.0553. The van der Waals surface area contributed by atoms with Crippen LogP contribution in [0.25, 0.3) is 0 Å². The summed E-state index contributed by atoms with van der Waals surface area (Å²) in [5, 5.41) is 0. The molecule has 0 saturated carbocycles. The van der Waals surface area contributed by atoms with Crippen molar-refractivity contribution in [3.05, 3.63) is 29.8 Å². The molecule has 4 nitrogen and oxygen atoms in total. The third-order valence-corrected chi connectivity index (χ3v) is 3.90.